The highest BCUT2D eigenvalue weighted by molar-refractivity contribution is 9.10. The molecule has 0 aliphatic carbocycles. The van der Waals surface area contributed by atoms with Crippen LogP contribution in [0.25, 0.3) is 0 Å². The summed E-state index contributed by atoms with van der Waals surface area (Å²) in [5.74, 6) is 2.14. The normalized spacial score (nSPS) is 18.0. The molecule has 26 heavy (non-hydrogen) atoms. The standard InChI is InChI=1S/C18H20BrNO4S2/c1-3-24-14-5-7-15(8-6-14)26(21,22)20-10-11-25-18(20)13-4-9-17(23-2)16(19)12-13/h4-9,12,18H,3,10-11H2,1-2H3/t18-/m0/s1. The van der Waals surface area contributed by atoms with E-state index in [9.17, 15) is 8.42 Å². The number of nitrogens with zero attached hydrogens (tertiary/aromatic N) is 1. The van der Waals surface area contributed by atoms with Gasteiger partial charge in [0.15, 0.2) is 0 Å². The van der Waals surface area contributed by atoms with Crippen LogP contribution in [0.15, 0.2) is 51.8 Å². The van der Waals surface area contributed by atoms with E-state index in [1.54, 1.807) is 47.4 Å². The van der Waals surface area contributed by atoms with Gasteiger partial charge < -0.3 is 9.47 Å². The van der Waals surface area contributed by atoms with Crippen LogP contribution in [0.3, 0.4) is 0 Å². The number of thioether (sulfide) groups is 1. The molecule has 1 aliphatic rings. The summed E-state index contributed by atoms with van der Waals surface area (Å²) in [6.07, 6.45) is 0. The number of rotatable bonds is 6. The fraction of sp³-hybridized carbons (Fsp3) is 0.333. The third-order valence-corrected chi connectivity index (χ3v) is 7.94. The first kappa shape index (κ1) is 19.5. The summed E-state index contributed by atoms with van der Waals surface area (Å²) in [6, 6.07) is 12.3. The van der Waals surface area contributed by atoms with Gasteiger partial charge in [0.2, 0.25) is 10.0 Å². The SMILES string of the molecule is CCOc1ccc(S(=O)(=O)N2CCS[C@H]2c2ccc(OC)c(Br)c2)cc1. The number of halogens is 1. The van der Waals surface area contributed by atoms with Crippen LogP contribution >= 0.6 is 27.7 Å². The van der Waals surface area contributed by atoms with Gasteiger partial charge in [0.1, 0.15) is 11.5 Å². The lowest BCUT2D eigenvalue weighted by molar-refractivity contribution is 0.340. The predicted molar refractivity (Wildman–Crippen MR) is 107 cm³/mol. The second-order valence-electron chi connectivity index (χ2n) is 5.64. The Hall–Kier alpha value is -1.22. The second-order valence-corrected chi connectivity index (χ2v) is 9.57. The summed E-state index contributed by atoms with van der Waals surface area (Å²) in [6.45, 7) is 2.92. The van der Waals surface area contributed by atoms with Crippen LogP contribution in [0.5, 0.6) is 11.5 Å². The van der Waals surface area contributed by atoms with Gasteiger partial charge in [0, 0.05) is 12.3 Å². The van der Waals surface area contributed by atoms with Crippen molar-refractivity contribution in [3.05, 3.63) is 52.5 Å². The molecule has 8 heteroatoms. The number of ether oxygens (including phenoxy) is 2. The van der Waals surface area contributed by atoms with E-state index < -0.39 is 10.0 Å². The van der Waals surface area contributed by atoms with Crippen LogP contribution in [0, 0.1) is 0 Å². The molecule has 0 spiro atoms. The van der Waals surface area contributed by atoms with Crippen LogP contribution in [-0.4, -0.2) is 38.7 Å². The minimum absolute atomic E-state index is 0.256. The highest BCUT2D eigenvalue weighted by Crippen LogP contribution is 2.43. The van der Waals surface area contributed by atoms with Crippen molar-refractivity contribution in [3.8, 4) is 11.5 Å². The molecule has 1 saturated heterocycles. The molecule has 1 aliphatic heterocycles. The number of benzene rings is 2. The Morgan fingerprint density at radius 1 is 1.23 bits per heavy atom. The Morgan fingerprint density at radius 2 is 1.96 bits per heavy atom. The van der Waals surface area contributed by atoms with Crippen molar-refractivity contribution in [2.75, 3.05) is 26.0 Å². The predicted octanol–water partition coefficient (Wildman–Crippen LogP) is 4.29. The molecule has 0 radical (unpaired) electrons. The number of hydrogen-bond acceptors (Lipinski definition) is 5. The molecule has 0 saturated carbocycles. The van der Waals surface area contributed by atoms with Crippen LogP contribution in [0.4, 0.5) is 0 Å². The Morgan fingerprint density at radius 3 is 2.58 bits per heavy atom. The molecule has 1 heterocycles. The molecule has 0 aromatic heterocycles. The zero-order chi connectivity index (χ0) is 18.7. The van der Waals surface area contributed by atoms with Crippen molar-refractivity contribution in [3.63, 3.8) is 0 Å². The Balaban J connectivity index is 1.90. The van der Waals surface area contributed by atoms with Gasteiger partial charge in [0.05, 0.1) is 28.5 Å². The molecule has 5 nitrogen and oxygen atoms in total. The zero-order valence-corrected chi connectivity index (χ0v) is 17.7. The van der Waals surface area contributed by atoms with E-state index in [1.165, 1.54) is 0 Å². The maximum Gasteiger partial charge on any atom is 0.244 e. The largest absolute Gasteiger partial charge is 0.496 e. The van der Waals surface area contributed by atoms with Gasteiger partial charge in [-0.25, -0.2) is 8.42 Å². The van der Waals surface area contributed by atoms with Gasteiger partial charge in [-0.15, -0.1) is 11.8 Å². The molecule has 0 unspecified atom stereocenters. The Kier molecular flexibility index (Phi) is 6.17. The summed E-state index contributed by atoms with van der Waals surface area (Å²) >= 11 is 5.10. The quantitative estimate of drug-likeness (QED) is 0.647. The minimum Gasteiger partial charge on any atom is -0.496 e. The first-order chi connectivity index (χ1) is 12.5. The molecule has 0 amide bonds. The van der Waals surface area contributed by atoms with Crippen molar-refractivity contribution in [2.24, 2.45) is 0 Å². The lowest BCUT2D eigenvalue weighted by atomic mass is 10.2. The van der Waals surface area contributed by atoms with E-state index in [2.05, 4.69) is 15.9 Å². The monoisotopic (exact) mass is 457 g/mol. The number of methoxy groups -OCH3 is 1. The fourth-order valence-electron chi connectivity index (χ4n) is 2.81. The average Bonchev–Trinajstić information content (AvgIpc) is 3.13. The third-order valence-electron chi connectivity index (χ3n) is 4.05. The van der Waals surface area contributed by atoms with E-state index >= 15 is 0 Å². The summed E-state index contributed by atoms with van der Waals surface area (Å²) in [5, 5.41) is -0.256. The summed E-state index contributed by atoms with van der Waals surface area (Å²) in [7, 11) is -1.98. The van der Waals surface area contributed by atoms with Crippen molar-refractivity contribution in [2.45, 2.75) is 17.2 Å². The van der Waals surface area contributed by atoms with E-state index in [0.717, 1.165) is 21.5 Å². The van der Waals surface area contributed by atoms with Crippen molar-refractivity contribution in [1.82, 2.24) is 4.31 Å². The number of hydrogen-bond donors (Lipinski definition) is 0. The first-order valence-electron chi connectivity index (χ1n) is 8.17. The zero-order valence-electron chi connectivity index (χ0n) is 14.5. The van der Waals surface area contributed by atoms with Gasteiger partial charge >= 0.3 is 0 Å². The molecule has 1 fully saturated rings. The second kappa shape index (κ2) is 8.21. The molecular weight excluding hydrogens is 438 g/mol. The van der Waals surface area contributed by atoms with Crippen molar-refractivity contribution in [1.29, 1.82) is 0 Å². The van der Waals surface area contributed by atoms with Crippen LogP contribution in [0.2, 0.25) is 0 Å². The Labute approximate surface area is 166 Å². The Bertz CT molecular complexity index is 871. The highest BCUT2D eigenvalue weighted by atomic mass is 79.9. The third kappa shape index (κ3) is 3.88. The topological polar surface area (TPSA) is 55.8 Å². The molecule has 0 N–H and O–H groups in total. The summed E-state index contributed by atoms with van der Waals surface area (Å²) in [4.78, 5) is 0.279. The summed E-state index contributed by atoms with van der Waals surface area (Å²) < 4.78 is 39.3. The van der Waals surface area contributed by atoms with Gasteiger partial charge in [-0.1, -0.05) is 6.07 Å². The molecule has 0 bridgehead atoms. The lowest BCUT2D eigenvalue weighted by Gasteiger charge is -2.24. The smallest absolute Gasteiger partial charge is 0.244 e. The van der Waals surface area contributed by atoms with E-state index in [4.69, 9.17) is 9.47 Å². The maximum absolute atomic E-state index is 13.1. The molecule has 3 rings (SSSR count). The molecule has 1 atom stereocenters. The highest BCUT2D eigenvalue weighted by Gasteiger charge is 2.37. The van der Waals surface area contributed by atoms with Crippen LogP contribution < -0.4 is 9.47 Å². The summed E-state index contributed by atoms with van der Waals surface area (Å²) in [5.41, 5.74) is 0.926. The number of sulfonamides is 1. The molecular formula is C18H20BrNO4S2. The van der Waals surface area contributed by atoms with E-state index in [1.807, 2.05) is 25.1 Å². The van der Waals surface area contributed by atoms with Crippen LogP contribution in [-0.2, 0) is 10.0 Å². The average molecular weight is 458 g/mol. The minimum atomic E-state index is -3.59. The molecule has 2 aromatic rings. The van der Waals surface area contributed by atoms with Gasteiger partial charge in [-0.2, -0.15) is 4.31 Å². The first-order valence-corrected chi connectivity index (χ1v) is 11.4. The van der Waals surface area contributed by atoms with Gasteiger partial charge in [-0.3, -0.25) is 0 Å². The van der Waals surface area contributed by atoms with E-state index in [-0.39, 0.29) is 10.3 Å². The van der Waals surface area contributed by atoms with Gasteiger partial charge in [-0.05, 0) is 64.8 Å². The molecule has 140 valence electrons. The van der Waals surface area contributed by atoms with Gasteiger partial charge in [0.25, 0.3) is 0 Å². The fourth-order valence-corrected chi connectivity index (χ4v) is 6.60. The van der Waals surface area contributed by atoms with E-state index in [0.29, 0.717) is 18.9 Å². The van der Waals surface area contributed by atoms with Crippen LogP contribution in [0.1, 0.15) is 17.9 Å². The van der Waals surface area contributed by atoms with Crippen molar-refractivity contribution >= 4 is 37.7 Å². The maximum atomic E-state index is 13.1. The van der Waals surface area contributed by atoms with Crippen molar-refractivity contribution < 1.29 is 17.9 Å². The lowest BCUT2D eigenvalue weighted by Crippen LogP contribution is -2.30. The molecule has 2 aromatic carbocycles.